The molecule has 1 saturated carbocycles. The molecule has 0 spiro atoms. The van der Waals surface area contributed by atoms with E-state index in [-0.39, 0.29) is 0 Å². The smallest absolute Gasteiger partial charge is 0.142 e. The van der Waals surface area contributed by atoms with Crippen LogP contribution >= 0.6 is 0 Å². The lowest BCUT2D eigenvalue weighted by molar-refractivity contribution is 0.311. The Kier molecular flexibility index (Phi) is 9.56. The minimum atomic E-state index is 0.301. The van der Waals surface area contributed by atoms with Crippen LogP contribution in [-0.2, 0) is 0 Å². The molecule has 0 aromatic carbocycles. The first-order valence-electron chi connectivity index (χ1n) is 8.32. The van der Waals surface area contributed by atoms with E-state index in [1.165, 1.54) is 77.0 Å². The minimum absolute atomic E-state index is 0.301. The Morgan fingerprint density at radius 1 is 0.684 bits per heavy atom. The lowest BCUT2D eigenvalue weighted by Crippen LogP contribution is -2.23. The quantitative estimate of drug-likeness (QED) is 0.310. The maximum Gasteiger partial charge on any atom is 0.142 e. The first-order chi connectivity index (χ1) is 9.34. The van der Waals surface area contributed by atoms with Gasteiger partial charge in [-0.25, -0.2) is 0 Å². The lowest BCUT2D eigenvalue weighted by Gasteiger charge is -2.15. The molecule has 19 heavy (non-hydrogen) atoms. The molecule has 0 amide bonds. The highest BCUT2D eigenvalue weighted by atomic mass is 16.4. The standard InChI is InChI=1S/C16H32N2O/c17-16(18-19)15-13-11-9-7-5-3-1-2-4-6-8-10-12-14-15/h15,19H,1-14H2,(H2,17,18). The molecule has 1 aliphatic rings. The molecular weight excluding hydrogens is 236 g/mol. The fourth-order valence-electron chi connectivity index (χ4n) is 3.07. The molecule has 0 atom stereocenters. The summed E-state index contributed by atoms with van der Waals surface area (Å²) in [6, 6.07) is 0. The van der Waals surface area contributed by atoms with E-state index in [1.54, 1.807) is 0 Å². The molecule has 0 heterocycles. The van der Waals surface area contributed by atoms with Crippen LogP contribution in [0.1, 0.15) is 89.9 Å². The molecule has 0 aromatic rings. The van der Waals surface area contributed by atoms with Crippen LogP contribution in [0, 0.1) is 5.92 Å². The Bertz CT molecular complexity index is 225. The fraction of sp³-hybridized carbons (Fsp3) is 0.938. The Labute approximate surface area is 118 Å². The van der Waals surface area contributed by atoms with Crippen molar-refractivity contribution in [2.75, 3.05) is 0 Å². The average Bonchev–Trinajstić information content (AvgIpc) is 2.44. The minimum Gasteiger partial charge on any atom is -0.409 e. The van der Waals surface area contributed by atoms with Crippen LogP contribution in [0.25, 0.3) is 0 Å². The molecule has 112 valence electrons. The second-order valence-corrected chi connectivity index (χ2v) is 6.04. The first kappa shape index (κ1) is 16.3. The SMILES string of the molecule is N/C(=N\O)C1CCCCCCCCCCCCCC1. The predicted octanol–water partition coefficient (Wildman–Crippen LogP) is 4.82. The van der Waals surface area contributed by atoms with E-state index in [9.17, 15) is 0 Å². The van der Waals surface area contributed by atoms with E-state index in [2.05, 4.69) is 5.16 Å². The molecular formula is C16H32N2O. The molecule has 0 unspecified atom stereocenters. The summed E-state index contributed by atoms with van der Waals surface area (Å²) >= 11 is 0. The van der Waals surface area contributed by atoms with Crippen molar-refractivity contribution in [2.24, 2.45) is 16.8 Å². The number of nitrogens with two attached hydrogens (primary N) is 1. The van der Waals surface area contributed by atoms with Gasteiger partial charge < -0.3 is 10.9 Å². The molecule has 1 aliphatic carbocycles. The van der Waals surface area contributed by atoms with Gasteiger partial charge in [0.2, 0.25) is 0 Å². The number of nitrogens with zero attached hydrogens (tertiary/aromatic N) is 1. The van der Waals surface area contributed by atoms with Gasteiger partial charge in [0, 0.05) is 5.92 Å². The van der Waals surface area contributed by atoms with E-state index in [1.807, 2.05) is 0 Å². The topological polar surface area (TPSA) is 58.6 Å². The van der Waals surface area contributed by atoms with Crippen molar-refractivity contribution in [1.29, 1.82) is 0 Å². The summed E-state index contributed by atoms with van der Waals surface area (Å²) in [4.78, 5) is 0. The van der Waals surface area contributed by atoms with Crippen molar-refractivity contribution in [3.05, 3.63) is 0 Å². The highest BCUT2D eigenvalue weighted by Crippen LogP contribution is 2.20. The van der Waals surface area contributed by atoms with Crippen molar-refractivity contribution in [2.45, 2.75) is 89.9 Å². The monoisotopic (exact) mass is 268 g/mol. The summed E-state index contributed by atoms with van der Waals surface area (Å²) in [7, 11) is 0. The highest BCUT2D eigenvalue weighted by Gasteiger charge is 2.13. The summed E-state index contributed by atoms with van der Waals surface area (Å²) in [6.45, 7) is 0. The maximum absolute atomic E-state index is 8.86. The van der Waals surface area contributed by atoms with Crippen molar-refractivity contribution in [3.8, 4) is 0 Å². The summed E-state index contributed by atoms with van der Waals surface area (Å²) < 4.78 is 0. The Morgan fingerprint density at radius 3 is 1.32 bits per heavy atom. The zero-order chi connectivity index (χ0) is 13.8. The summed E-state index contributed by atoms with van der Waals surface area (Å²) in [6.07, 6.45) is 18.4. The van der Waals surface area contributed by atoms with Crippen molar-refractivity contribution in [3.63, 3.8) is 0 Å². The third-order valence-electron chi connectivity index (χ3n) is 4.39. The van der Waals surface area contributed by atoms with E-state index in [0.29, 0.717) is 11.8 Å². The molecule has 3 N–H and O–H groups in total. The van der Waals surface area contributed by atoms with Gasteiger partial charge in [0.25, 0.3) is 0 Å². The van der Waals surface area contributed by atoms with Crippen molar-refractivity contribution in [1.82, 2.24) is 0 Å². The van der Waals surface area contributed by atoms with Gasteiger partial charge in [-0.1, -0.05) is 82.2 Å². The summed E-state index contributed by atoms with van der Waals surface area (Å²) in [5.74, 6) is 0.749. The zero-order valence-corrected chi connectivity index (χ0v) is 12.4. The maximum atomic E-state index is 8.86. The van der Waals surface area contributed by atoms with Gasteiger partial charge >= 0.3 is 0 Å². The zero-order valence-electron chi connectivity index (χ0n) is 12.4. The molecule has 0 aliphatic heterocycles. The molecule has 0 aromatic heterocycles. The summed E-state index contributed by atoms with van der Waals surface area (Å²) in [5.41, 5.74) is 5.81. The lowest BCUT2D eigenvalue weighted by atomic mass is 9.93. The molecule has 0 radical (unpaired) electrons. The van der Waals surface area contributed by atoms with Crippen LogP contribution in [0.2, 0.25) is 0 Å². The van der Waals surface area contributed by atoms with Gasteiger partial charge in [-0.2, -0.15) is 0 Å². The third kappa shape index (κ3) is 8.12. The average molecular weight is 268 g/mol. The van der Waals surface area contributed by atoms with Crippen LogP contribution in [0.15, 0.2) is 5.16 Å². The number of rotatable bonds is 1. The van der Waals surface area contributed by atoms with E-state index in [0.717, 1.165) is 12.8 Å². The fourth-order valence-corrected chi connectivity index (χ4v) is 3.07. The van der Waals surface area contributed by atoms with Gasteiger partial charge in [-0.15, -0.1) is 0 Å². The van der Waals surface area contributed by atoms with E-state index >= 15 is 0 Å². The van der Waals surface area contributed by atoms with Crippen LogP contribution in [-0.4, -0.2) is 11.0 Å². The van der Waals surface area contributed by atoms with Crippen LogP contribution in [0.5, 0.6) is 0 Å². The van der Waals surface area contributed by atoms with E-state index < -0.39 is 0 Å². The highest BCUT2D eigenvalue weighted by molar-refractivity contribution is 5.82. The normalized spacial score (nSPS) is 23.5. The molecule has 0 saturated heterocycles. The van der Waals surface area contributed by atoms with Gasteiger partial charge in [0.05, 0.1) is 0 Å². The second kappa shape index (κ2) is 11.1. The molecule has 3 heteroatoms. The Hall–Kier alpha value is -0.730. The van der Waals surface area contributed by atoms with Crippen molar-refractivity contribution >= 4 is 5.84 Å². The van der Waals surface area contributed by atoms with E-state index in [4.69, 9.17) is 10.9 Å². The Morgan fingerprint density at radius 2 is 1.00 bits per heavy atom. The van der Waals surface area contributed by atoms with Gasteiger partial charge in [-0.3, -0.25) is 0 Å². The first-order valence-corrected chi connectivity index (χ1v) is 8.32. The van der Waals surface area contributed by atoms with Crippen LogP contribution < -0.4 is 5.73 Å². The van der Waals surface area contributed by atoms with Gasteiger partial charge in [0.15, 0.2) is 0 Å². The predicted molar refractivity (Wildman–Crippen MR) is 81.5 cm³/mol. The molecule has 0 bridgehead atoms. The largest absolute Gasteiger partial charge is 0.409 e. The summed E-state index contributed by atoms with van der Waals surface area (Å²) in [5, 5.41) is 12.1. The second-order valence-electron chi connectivity index (χ2n) is 6.04. The van der Waals surface area contributed by atoms with Crippen LogP contribution in [0.4, 0.5) is 0 Å². The number of oxime groups is 1. The van der Waals surface area contributed by atoms with Crippen molar-refractivity contribution < 1.29 is 5.21 Å². The number of hydrogen-bond donors (Lipinski definition) is 2. The molecule has 1 rings (SSSR count). The molecule has 1 fully saturated rings. The number of amidine groups is 1. The number of hydrogen-bond acceptors (Lipinski definition) is 2. The third-order valence-corrected chi connectivity index (χ3v) is 4.39. The Balaban J connectivity index is 2.33. The van der Waals surface area contributed by atoms with Crippen LogP contribution in [0.3, 0.4) is 0 Å². The van der Waals surface area contributed by atoms with Gasteiger partial charge in [0.1, 0.15) is 5.84 Å². The van der Waals surface area contributed by atoms with Gasteiger partial charge in [-0.05, 0) is 12.8 Å². The molecule has 3 nitrogen and oxygen atoms in total.